The molecule has 36 heavy (non-hydrogen) atoms. The van der Waals surface area contributed by atoms with Gasteiger partial charge in [0.2, 0.25) is 5.91 Å². The van der Waals surface area contributed by atoms with E-state index in [0.717, 1.165) is 49.6 Å². The van der Waals surface area contributed by atoms with Crippen molar-refractivity contribution < 1.29 is 23.8 Å². The number of methoxy groups -OCH3 is 2. The fourth-order valence-corrected chi connectivity index (χ4v) is 4.17. The molecule has 2 amide bonds. The van der Waals surface area contributed by atoms with Gasteiger partial charge in [-0.1, -0.05) is 12.1 Å². The predicted octanol–water partition coefficient (Wildman–Crippen LogP) is 2.68. The quantitative estimate of drug-likeness (QED) is 0.551. The van der Waals surface area contributed by atoms with Crippen molar-refractivity contribution in [1.29, 1.82) is 0 Å². The molecule has 2 heterocycles. The number of carbonyl (C=O) groups is 2. The second-order valence-corrected chi connectivity index (χ2v) is 8.62. The summed E-state index contributed by atoms with van der Waals surface area (Å²) in [7, 11) is 3.18. The highest BCUT2D eigenvalue weighted by atomic mass is 16.5. The summed E-state index contributed by atoms with van der Waals surface area (Å²) >= 11 is 0. The van der Waals surface area contributed by atoms with Crippen molar-refractivity contribution in [3.8, 4) is 11.5 Å². The summed E-state index contributed by atoms with van der Waals surface area (Å²) in [5.74, 6) is 1.23. The molecule has 2 N–H and O–H groups in total. The summed E-state index contributed by atoms with van der Waals surface area (Å²) in [4.78, 5) is 26.9. The first-order valence-electron chi connectivity index (χ1n) is 12.1. The second-order valence-electron chi connectivity index (χ2n) is 8.62. The lowest BCUT2D eigenvalue weighted by molar-refractivity contribution is -0.132. The van der Waals surface area contributed by atoms with Crippen LogP contribution >= 0.6 is 0 Å². The van der Waals surface area contributed by atoms with E-state index in [9.17, 15) is 9.59 Å². The van der Waals surface area contributed by atoms with Gasteiger partial charge in [-0.05, 0) is 35.9 Å². The van der Waals surface area contributed by atoms with Gasteiger partial charge >= 0.3 is 6.09 Å². The molecule has 2 aliphatic rings. The molecule has 0 saturated carbocycles. The Hall–Kier alpha value is -3.63. The van der Waals surface area contributed by atoms with Crippen molar-refractivity contribution in [2.45, 2.75) is 19.4 Å². The van der Waals surface area contributed by atoms with Crippen LogP contribution in [0.1, 0.15) is 24.0 Å². The number of anilines is 1. The summed E-state index contributed by atoms with van der Waals surface area (Å²) in [6.45, 7) is 5.27. The average Bonchev–Trinajstić information content (AvgIpc) is 2.91. The molecular formula is C26H33N5O5. The maximum absolute atomic E-state index is 12.5. The van der Waals surface area contributed by atoms with Crippen LogP contribution in [0.2, 0.25) is 0 Å². The maximum atomic E-state index is 12.5. The molecule has 0 bridgehead atoms. The topological polar surface area (TPSA) is 105 Å². The summed E-state index contributed by atoms with van der Waals surface area (Å²) in [6.07, 6.45) is 0.463. The predicted molar refractivity (Wildman–Crippen MR) is 137 cm³/mol. The highest BCUT2D eigenvalue weighted by Crippen LogP contribution is 2.29. The molecule has 0 atom stereocenters. The van der Waals surface area contributed by atoms with Crippen molar-refractivity contribution in [2.75, 3.05) is 58.9 Å². The molecule has 0 aromatic heterocycles. The van der Waals surface area contributed by atoms with Crippen molar-refractivity contribution >= 4 is 23.4 Å². The van der Waals surface area contributed by atoms with Gasteiger partial charge < -0.3 is 19.5 Å². The SMILES string of the molecule is COc1ccc(C2=NN(Cc3ccc(NC(=O)OCCN4CCNCC4)cc3)C(=O)CC2)cc1OC. The van der Waals surface area contributed by atoms with Crippen LogP contribution in [0.3, 0.4) is 0 Å². The van der Waals surface area contributed by atoms with Gasteiger partial charge in [0.15, 0.2) is 11.5 Å². The highest BCUT2D eigenvalue weighted by molar-refractivity contribution is 6.04. The van der Waals surface area contributed by atoms with Crippen molar-refractivity contribution in [2.24, 2.45) is 5.10 Å². The number of hydrogen-bond donors (Lipinski definition) is 2. The van der Waals surface area contributed by atoms with Gasteiger partial charge in [-0.25, -0.2) is 9.80 Å². The Morgan fingerprint density at radius 1 is 1.03 bits per heavy atom. The molecule has 2 aliphatic heterocycles. The number of hydrazone groups is 1. The number of ether oxygens (including phenoxy) is 3. The number of piperazine rings is 1. The lowest BCUT2D eigenvalue weighted by atomic mass is 10.0. The average molecular weight is 496 g/mol. The highest BCUT2D eigenvalue weighted by Gasteiger charge is 2.22. The van der Waals surface area contributed by atoms with Crippen LogP contribution in [-0.2, 0) is 16.1 Å². The van der Waals surface area contributed by atoms with E-state index in [1.807, 2.05) is 30.3 Å². The van der Waals surface area contributed by atoms with E-state index in [4.69, 9.17) is 14.2 Å². The van der Waals surface area contributed by atoms with E-state index in [0.29, 0.717) is 43.2 Å². The Labute approximate surface area is 211 Å². The van der Waals surface area contributed by atoms with E-state index in [2.05, 4.69) is 20.6 Å². The van der Waals surface area contributed by atoms with Crippen molar-refractivity contribution in [3.63, 3.8) is 0 Å². The summed E-state index contributed by atoms with van der Waals surface area (Å²) in [5, 5.41) is 12.1. The standard InChI is InChI=1S/C26H33N5O5/c1-34-23-9-5-20(17-24(23)35-2)22-8-10-25(32)31(29-22)18-19-3-6-21(7-4-19)28-26(33)36-16-15-30-13-11-27-12-14-30/h3-7,9,17,27H,8,10-16,18H2,1-2H3,(H,28,33). The minimum absolute atomic E-state index is 0.0329. The Bertz CT molecular complexity index is 1080. The minimum atomic E-state index is -0.478. The Kier molecular flexibility index (Phi) is 8.75. The molecule has 0 aliphatic carbocycles. The van der Waals surface area contributed by atoms with E-state index < -0.39 is 6.09 Å². The molecule has 0 unspecified atom stereocenters. The van der Waals surface area contributed by atoms with Gasteiger partial charge in [-0.2, -0.15) is 5.10 Å². The third kappa shape index (κ3) is 6.73. The van der Waals surface area contributed by atoms with Crippen molar-refractivity contribution in [3.05, 3.63) is 53.6 Å². The number of benzene rings is 2. The Morgan fingerprint density at radius 2 is 1.78 bits per heavy atom. The van der Waals surface area contributed by atoms with E-state index in [1.165, 1.54) is 5.01 Å². The zero-order chi connectivity index (χ0) is 25.3. The largest absolute Gasteiger partial charge is 0.493 e. The van der Waals surface area contributed by atoms with Gasteiger partial charge in [0, 0.05) is 56.8 Å². The van der Waals surface area contributed by atoms with Crippen molar-refractivity contribution in [1.82, 2.24) is 15.2 Å². The summed E-state index contributed by atoms with van der Waals surface area (Å²) < 4.78 is 16.0. The van der Waals surface area contributed by atoms with Crippen LogP contribution in [-0.4, -0.2) is 81.2 Å². The molecule has 0 radical (unpaired) electrons. The van der Waals surface area contributed by atoms with E-state index in [-0.39, 0.29) is 5.91 Å². The lowest BCUT2D eigenvalue weighted by Gasteiger charge is -2.26. The van der Waals surface area contributed by atoms with Crippen LogP contribution in [0.25, 0.3) is 0 Å². The van der Waals surface area contributed by atoms with Crippen LogP contribution in [0, 0.1) is 0 Å². The molecular weight excluding hydrogens is 462 g/mol. The van der Waals surface area contributed by atoms with E-state index in [1.54, 1.807) is 26.4 Å². The molecule has 192 valence electrons. The monoisotopic (exact) mass is 495 g/mol. The molecule has 4 rings (SSSR count). The number of nitrogens with zero attached hydrogens (tertiary/aromatic N) is 3. The summed E-state index contributed by atoms with van der Waals surface area (Å²) in [5.41, 5.74) is 3.24. The number of rotatable bonds is 9. The van der Waals surface area contributed by atoms with Gasteiger partial charge in [0.05, 0.1) is 26.5 Å². The van der Waals surface area contributed by atoms with Crippen LogP contribution in [0.5, 0.6) is 11.5 Å². The zero-order valence-corrected chi connectivity index (χ0v) is 20.8. The third-order valence-electron chi connectivity index (χ3n) is 6.20. The Morgan fingerprint density at radius 3 is 2.50 bits per heavy atom. The summed E-state index contributed by atoms with van der Waals surface area (Å²) in [6, 6.07) is 12.9. The third-order valence-corrected chi connectivity index (χ3v) is 6.20. The number of amides is 2. The lowest BCUT2D eigenvalue weighted by Crippen LogP contribution is -2.44. The second kappa shape index (κ2) is 12.4. The molecule has 2 aromatic rings. The molecule has 1 fully saturated rings. The number of hydrogen-bond acceptors (Lipinski definition) is 8. The number of carbonyl (C=O) groups excluding carboxylic acids is 2. The molecule has 1 saturated heterocycles. The van der Waals surface area contributed by atoms with Gasteiger partial charge in [-0.3, -0.25) is 15.0 Å². The molecule has 2 aromatic carbocycles. The zero-order valence-electron chi connectivity index (χ0n) is 20.8. The van der Waals surface area contributed by atoms with E-state index >= 15 is 0 Å². The number of nitrogens with one attached hydrogen (secondary N) is 2. The first-order valence-corrected chi connectivity index (χ1v) is 12.1. The molecule has 10 nitrogen and oxygen atoms in total. The van der Waals surface area contributed by atoms with Crippen LogP contribution < -0.4 is 20.1 Å². The van der Waals surface area contributed by atoms with Gasteiger partial charge in [0.25, 0.3) is 0 Å². The first-order chi connectivity index (χ1) is 17.6. The van der Waals surface area contributed by atoms with Crippen LogP contribution in [0.15, 0.2) is 47.6 Å². The van der Waals surface area contributed by atoms with Gasteiger partial charge in [-0.15, -0.1) is 0 Å². The normalized spacial score (nSPS) is 16.3. The molecule has 0 spiro atoms. The molecule has 10 heteroatoms. The minimum Gasteiger partial charge on any atom is -0.493 e. The maximum Gasteiger partial charge on any atom is 0.411 e. The fraction of sp³-hybridized carbons (Fsp3) is 0.423. The first kappa shape index (κ1) is 25.5. The fourth-order valence-electron chi connectivity index (χ4n) is 4.17. The smallest absolute Gasteiger partial charge is 0.411 e. The van der Waals surface area contributed by atoms with Crippen LogP contribution in [0.4, 0.5) is 10.5 Å². The van der Waals surface area contributed by atoms with Gasteiger partial charge in [0.1, 0.15) is 6.61 Å². The Balaban J connectivity index is 1.32.